The summed E-state index contributed by atoms with van der Waals surface area (Å²) in [6.07, 6.45) is 1.99. The Hall–Kier alpha value is -0.770. The molecule has 0 aliphatic carbocycles. The first kappa shape index (κ1) is 14.6. The van der Waals surface area contributed by atoms with E-state index in [0.717, 1.165) is 25.9 Å². The lowest BCUT2D eigenvalue weighted by atomic mass is 10.0. The second-order valence-corrected chi connectivity index (χ2v) is 5.60. The maximum Gasteiger partial charge on any atom is 0.254 e. The summed E-state index contributed by atoms with van der Waals surface area (Å²) in [6, 6.07) is 5.30. The third-order valence-corrected chi connectivity index (χ3v) is 3.90. The normalized spacial score (nSPS) is 16.4. The fraction of sp³-hybridized carbons (Fsp3) is 0.500. The van der Waals surface area contributed by atoms with Crippen LogP contribution in [0, 0.1) is 0 Å². The summed E-state index contributed by atoms with van der Waals surface area (Å²) in [6.45, 7) is 4.63. The number of piperidine rings is 1. The van der Waals surface area contributed by atoms with E-state index in [1.54, 1.807) is 18.2 Å². The number of nitrogens with zero attached hydrogens (tertiary/aromatic N) is 1. The molecule has 1 aliphatic heterocycles. The molecule has 1 fully saturated rings. The number of nitrogens with one attached hydrogen (secondary N) is 1. The zero-order valence-electron chi connectivity index (χ0n) is 11.0. The molecule has 0 bridgehead atoms. The largest absolute Gasteiger partial charge is 0.336 e. The van der Waals surface area contributed by atoms with E-state index >= 15 is 0 Å². The van der Waals surface area contributed by atoms with Crippen LogP contribution >= 0.6 is 23.2 Å². The molecule has 0 aromatic heterocycles. The number of amides is 1. The van der Waals surface area contributed by atoms with Crippen molar-refractivity contribution in [1.29, 1.82) is 0 Å². The van der Waals surface area contributed by atoms with Crippen molar-refractivity contribution in [3.8, 4) is 0 Å². The number of hydrogen-bond acceptors (Lipinski definition) is 2. The van der Waals surface area contributed by atoms with Crippen LogP contribution in [0.3, 0.4) is 0 Å². The molecule has 104 valence electrons. The van der Waals surface area contributed by atoms with Gasteiger partial charge in [0.25, 0.3) is 5.91 Å². The van der Waals surface area contributed by atoms with Crippen LogP contribution in [-0.4, -0.2) is 36.5 Å². The Kier molecular flexibility index (Phi) is 5.08. The van der Waals surface area contributed by atoms with E-state index in [-0.39, 0.29) is 5.91 Å². The molecule has 3 nitrogen and oxygen atoms in total. The monoisotopic (exact) mass is 300 g/mol. The van der Waals surface area contributed by atoms with Crippen molar-refractivity contribution in [1.82, 2.24) is 10.2 Å². The van der Waals surface area contributed by atoms with Crippen LogP contribution in [0.1, 0.15) is 30.1 Å². The third-order valence-electron chi connectivity index (χ3n) is 3.46. The van der Waals surface area contributed by atoms with E-state index in [1.165, 1.54) is 0 Å². The van der Waals surface area contributed by atoms with Gasteiger partial charge >= 0.3 is 0 Å². The van der Waals surface area contributed by atoms with E-state index in [0.29, 0.717) is 28.2 Å². The highest BCUT2D eigenvalue weighted by Crippen LogP contribution is 2.22. The molecule has 2 rings (SSSR count). The third kappa shape index (κ3) is 3.62. The first-order chi connectivity index (χ1) is 9.11. The maximum absolute atomic E-state index is 12.6. The van der Waals surface area contributed by atoms with Gasteiger partial charge < -0.3 is 10.2 Å². The Morgan fingerprint density at radius 3 is 2.37 bits per heavy atom. The number of carbonyl (C=O) groups is 1. The van der Waals surface area contributed by atoms with Crippen molar-refractivity contribution in [3.05, 3.63) is 33.8 Å². The first-order valence-corrected chi connectivity index (χ1v) is 7.35. The van der Waals surface area contributed by atoms with Gasteiger partial charge in [-0.3, -0.25) is 4.79 Å². The lowest BCUT2D eigenvalue weighted by molar-refractivity contribution is 0.0656. The molecule has 5 heteroatoms. The highest BCUT2D eigenvalue weighted by Gasteiger charge is 2.25. The fourth-order valence-electron chi connectivity index (χ4n) is 2.53. The average Bonchev–Trinajstić information content (AvgIpc) is 2.39. The van der Waals surface area contributed by atoms with Gasteiger partial charge in [-0.15, -0.1) is 0 Å². The summed E-state index contributed by atoms with van der Waals surface area (Å²) in [5.74, 6) is 0.0128. The molecule has 1 N–H and O–H groups in total. The SMILES string of the molecule is CCN(C(=O)c1cc(Cl)cc(Cl)c1)C1CCNCC1. The zero-order chi connectivity index (χ0) is 13.8. The Balaban J connectivity index is 2.19. The van der Waals surface area contributed by atoms with Crippen molar-refractivity contribution < 1.29 is 4.79 Å². The fourth-order valence-corrected chi connectivity index (χ4v) is 3.06. The van der Waals surface area contributed by atoms with E-state index in [2.05, 4.69) is 5.32 Å². The summed E-state index contributed by atoms with van der Waals surface area (Å²) in [5, 5.41) is 4.31. The van der Waals surface area contributed by atoms with Gasteiger partial charge in [-0.2, -0.15) is 0 Å². The number of hydrogen-bond donors (Lipinski definition) is 1. The molecule has 1 amide bonds. The summed E-state index contributed by atoms with van der Waals surface area (Å²) in [4.78, 5) is 14.5. The Bertz CT molecular complexity index is 439. The molecule has 1 aromatic carbocycles. The van der Waals surface area contributed by atoms with Crippen LogP contribution in [0.4, 0.5) is 0 Å². The molecule has 0 unspecified atom stereocenters. The number of benzene rings is 1. The van der Waals surface area contributed by atoms with Crippen molar-refractivity contribution in [2.24, 2.45) is 0 Å². The summed E-state index contributed by atoms with van der Waals surface area (Å²) in [7, 11) is 0. The topological polar surface area (TPSA) is 32.3 Å². The molecule has 1 heterocycles. The maximum atomic E-state index is 12.6. The molecule has 0 radical (unpaired) electrons. The number of rotatable bonds is 3. The van der Waals surface area contributed by atoms with Crippen LogP contribution < -0.4 is 5.32 Å². The van der Waals surface area contributed by atoms with Crippen molar-refractivity contribution in [2.75, 3.05) is 19.6 Å². The number of halogens is 2. The van der Waals surface area contributed by atoms with Gasteiger partial charge in [0.2, 0.25) is 0 Å². The van der Waals surface area contributed by atoms with Gasteiger partial charge in [0.05, 0.1) is 0 Å². The van der Waals surface area contributed by atoms with Crippen LogP contribution in [0.2, 0.25) is 10.0 Å². The second kappa shape index (κ2) is 6.60. The van der Waals surface area contributed by atoms with Gasteiger partial charge in [0.1, 0.15) is 0 Å². The molecule has 19 heavy (non-hydrogen) atoms. The zero-order valence-corrected chi connectivity index (χ0v) is 12.5. The molecule has 0 spiro atoms. The highest BCUT2D eigenvalue weighted by molar-refractivity contribution is 6.35. The Morgan fingerprint density at radius 2 is 1.84 bits per heavy atom. The lowest BCUT2D eigenvalue weighted by Gasteiger charge is -2.34. The molecular weight excluding hydrogens is 283 g/mol. The molecule has 1 saturated heterocycles. The summed E-state index contributed by atoms with van der Waals surface area (Å²) < 4.78 is 0. The summed E-state index contributed by atoms with van der Waals surface area (Å²) >= 11 is 11.9. The van der Waals surface area contributed by atoms with Gasteiger partial charge in [-0.05, 0) is 51.1 Å². The van der Waals surface area contributed by atoms with E-state index in [9.17, 15) is 4.79 Å². The number of carbonyl (C=O) groups excluding carboxylic acids is 1. The minimum Gasteiger partial charge on any atom is -0.336 e. The van der Waals surface area contributed by atoms with Gasteiger partial charge in [0.15, 0.2) is 0 Å². The second-order valence-electron chi connectivity index (χ2n) is 4.73. The minimum atomic E-state index is 0.0128. The molecule has 0 saturated carbocycles. The minimum absolute atomic E-state index is 0.0128. The summed E-state index contributed by atoms with van der Waals surface area (Å²) in [5.41, 5.74) is 0.567. The standard InChI is InChI=1S/C14H18Cl2N2O/c1-2-18(13-3-5-17-6-4-13)14(19)10-7-11(15)9-12(16)8-10/h7-9,13,17H,2-6H2,1H3. The van der Waals surface area contributed by atoms with E-state index in [4.69, 9.17) is 23.2 Å². The van der Waals surface area contributed by atoms with Crippen LogP contribution in [-0.2, 0) is 0 Å². The molecule has 1 aromatic rings. The van der Waals surface area contributed by atoms with Gasteiger partial charge in [-0.25, -0.2) is 0 Å². The quantitative estimate of drug-likeness (QED) is 0.930. The highest BCUT2D eigenvalue weighted by atomic mass is 35.5. The molecule has 1 aliphatic rings. The average molecular weight is 301 g/mol. The molecule has 0 atom stereocenters. The van der Waals surface area contributed by atoms with Crippen LogP contribution in [0.25, 0.3) is 0 Å². The molecular formula is C14H18Cl2N2O. The first-order valence-electron chi connectivity index (χ1n) is 6.59. The van der Waals surface area contributed by atoms with Crippen molar-refractivity contribution in [3.63, 3.8) is 0 Å². The van der Waals surface area contributed by atoms with E-state index in [1.807, 2.05) is 11.8 Å². The Labute approximate surface area is 123 Å². The van der Waals surface area contributed by atoms with Crippen LogP contribution in [0.15, 0.2) is 18.2 Å². The predicted octanol–water partition coefficient (Wildman–Crippen LogP) is 3.21. The van der Waals surface area contributed by atoms with Crippen molar-refractivity contribution in [2.45, 2.75) is 25.8 Å². The lowest BCUT2D eigenvalue weighted by Crippen LogP contribution is -2.46. The van der Waals surface area contributed by atoms with Crippen molar-refractivity contribution >= 4 is 29.1 Å². The van der Waals surface area contributed by atoms with Crippen LogP contribution in [0.5, 0.6) is 0 Å². The van der Waals surface area contributed by atoms with Gasteiger partial charge in [-0.1, -0.05) is 23.2 Å². The predicted molar refractivity (Wildman–Crippen MR) is 79.1 cm³/mol. The Morgan fingerprint density at radius 1 is 1.26 bits per heavy atom. The smallest absolute Gasteiger partial charge is 0.254 e. The van der Waals surface area contributed by atoms with Gasteiger partial charge in [0, 0.05) is 28.2 Å². The van der Waals surface area contributed by atoms with E-state index < -0.39 is 0 Å².